The molecule has 0 heterocycles. The monoisotopic (exact) mass is 365 g/mol. The predicted molar refractivity (Wildman–Crippen MR) is 106 cm³/mol. The van der Waals surface area contributed by atoms with Crippen LogP contribution in [-0.4, -0.2) is 12.5 Å². The number of aryl methyl sites for hydroxylation is 1. The van der Waals surface area contributed by atoms with E-state index >= 15 is 0 Å². The van der Waals surface area contributed by atoms with Gasteiger partial charge in [0.15, 0.2) is 6.61 Å². The first-order valence-electron chi connectivity index (χ1n) is 8.42. The summed E-state index contributed by atoms with van der Waals surface area (Å²) in [7, 11) is 0. The van der Waals surface area contributed by atoms with E-state index in [1.807, 2.05) is 55.5 Å². The molecule has 0 unspecified atom stereocenters. The fraction of sp³-hybridized carbons (Fsp3) is 0.136. The Bertz CT molecular complexity index is 894. The number of halogens is 1. The normalized spacial score (nSPS) is 10.4. The van der Waals surface area contributed by atoms with Gasteiger partial charge in [-0.15, -0.1) is 0 Å². The summed E-state index contributed by atoms with van der Waals surface area (Å²) in [6, 6.07) is 23.3. The molecule has 0 saturated heterocycles. The number of para-hydroxylation sites is 1. The average molecular weight is 366 g/mol. The van der Waals surface area contributed by atoms with E-state index in [0.717, 1.165) is 29.0 Å². The van der Waals surface area contributed by atoms with E-state index in [4.69, 9.17) is 16.3 Å². The molecule has 0 bridgehead atoms. The van der Waals surface area contributed by atoms with E-state index < -0.39 is 0 Å². The van der Waals surface area contributed by atoms with Gasteiger partial charge in [0.25, 0.3) is 5.91 Å². The maximum atomic E-state index is 12.2. The van der Waals surface area contributed by atoms with E-state index in [9.17, 15) is 4.79 Å². The molecule has 1 amide bonds. The second-order valence-corrected chi connectivity index (χ2v) is 6.50. The third-order valence-electron chi connectivity index (χ3n) is 4.03. The number of rotatable bonds is 6. The first kappa shape index (κ1) is 18.0. The Morgan fingerprint density at radius 2 is 1.73 bits per heavy atom. The van der Waals surface area contributed by atoms with Crippen molar-refractivity contribution in [1.29, 1.82) is 0 Å². The molecule has 1 N–H and O–H groups in total. The molecule has 0 aliphatic carbocycles. The van der Waals surface area contributed by atoms with Gasteiger partial charge in [0.2, 0.25) is 0 Å². The molecule has 0 atom stereocenters. The highest BCUT2D eigenvalue weighted by molar-refractivity contribution is 6.30. The van der Waals surface area contributed by atoms with Crippen molar-refractivity contribution in [2.45, 2.75) is 13.3 Å². The van der Waals surface area contributed by atoms with E-state index in [1.54, 1.807) is 12.1 Å². The van der Waals surface area contributed by atoms with Crippen molar-refractivity contribution >= 4 is 23.2 Å². The number of hydrogen-bond donors (Lipinski definition) is 1. The van der Waals surface area contributed by atoms with Crippen LogP contribution < -0.4 is 10.1 Å². The molecule has 0 fully saturated rings. The predicted octanol–water partition coefficient (Wildman–Crippen LogP) is 5.26. The smallest absolute Gasteiger partial charge is 0.262 e. The van der Waals surface area contributed by atoms with Gasteiger partial charge in [-0.25, -0.2) is 0 Å². The van der Waals surface area contributed by atoms with Crippen LogP contribution in [0, 0.1) is 6.92 Å². The van der Waals surface area contributed by atoms with Gasteiger partial charge in [-0.1, -0.05) is 60.1 Å². The molecule has 0 aromatic heterocycles. The van der Waals surface area contributed by atoms with Crippen LogP contribution in [0.5, 0.6) is 5.75 Å². The maximum Gasteiger partial charge on any atom is 0.262 e. The molecule has 0 radical (unpaired) electrons. The summed E-state index contributed by atoms with van der Waals surface area (Å²) in [6.07, 6.45) is 0.759. The average Bonchev–Trinajstić information content (AvgIpc) is 2.64. The summed E-state index contributed by atoms with van der Waals surface area (Å²) in [5.41, 5.74) is 3.90. The largest absolute Gasteiger partial charge is 0.483 e. The van der Waals surface area contributed by atoms with Crippen LogP contribution in [0.1, 0.15) is 16.7 Å². The summed E-state index contributed by atoms with van der Waals surface area (Å²) < 4.78 is 5.77. The number of amides is 1. The molecule has 0 spiro atoms. The third kappa shape index (κ3) is 4.87. The minimum atomic E-state index is -0.204. The fourth-order valence-corrected chi connectivity index (χ4v) is 2.93. The Morgan fingerprint density at radius 1 is 1.00 bits per heavy atom. The topological polar surface area (TPSA) is 38.3 Å². The first-order valence-corrected chi connectivity index (χ1v) is 8.80. The molecule has 0 aliphatic heterocycles. The molecule has 0 aliphatic rings. The van der Waals surface area contributed by atoms with Crippen molar-refractivity contribution in [3.05, 3.63) is 94.5 Å². The molecule has 3 aromatic carbocycles. The van der Waals surface area contributed by atoms with E-state index in [0.29, 0.717) is 5.02 Å². The quantitative estimate of drug-likeness (QED) is 0.647. The number of nitrogens with one attached hydrogen (secondary N) is 1. The van der Waals surface area contributed by atoms with Crippen LogP contribution in [0.25, 0.3) is 0 Å². The number of benzene rings is 3. The van der Waals surface area contributed by atoms with E-state index in [1.165, 1.54) is 5.56 Å². The molecule has 3 rings (SSSR count). The van der Waals surface area contributed by atoms with Crippen LogP contribution >= 0.6 is 11.6 Å². The van der Waals surface area contributed by atoms with Gasteiger partial charge in [0, 0.05) is 17.1 Å². The van der Waals surface area contributed by atoms with E-state index in [-0.39, 0.29) is 12.5 Å². The Morgan fingerprint density at radius 3 is 2.50 bits per heavy atom. The first-order chi connectivity index (χ1) is 12.6. The van der Waals surface area contributed by atoms with Crippen molar-refractivity contribution in [3.63, 3.8) is 0 Å². The van der Waals surface area contributed by atoms with Crippen molar-refractivity contribution in [3.8, 4) is 5.75 Å². The van der Waals surface area contributed by atoms with Gasteiger partial charge in [-0.05, 0) is 47.9 Å². The van der Waals surface area contributed by atoms with Crippen LogP contribution in [-0.2, 0) is 11.2 Å². The Balaban J connectivity index is 1.63. The van der Waals surface area contributed by atoms with Crippen LogP contribution in [0.2, 0.25) is 5.02 Å². The summed E-state index contributed by atoms with van der Waals surface area (Å²) in [5, 5.41) is 3.50. The molecule has 0 saturated carbocycles. The SMILES string of the molecule is Cc1cc(Cl)ccc1NC(=O)COc1ccccc1Cc1ccccc1. The molecule has 26 heavy (non-hydrogen) atoms. The zero-order valence-corrected chi connectivity index (χ0v) is 15.3. The second kappa shape index (κ2) is 8.54. The summed E-state index contributed by atoms with van der Waals surface area (Å²) in [6.45, 7) is 1.85. The van der Waals surface area contributed by atoms with E-state index in [2.05, 4.69) is 17.4 Å². The lowest BCUT2D eigenvalue weighted by atomic mass is 10.0. The molecule has 3 aromatic rings. The number of carbonyl (C=O) groups excluding carboxylic acids is 1. The molecule has 3 nitrogen and oxygen atoms in total. The number of ether oxygens (including phenoxy) is 1. The van der Waals surface area contributed by atoms with Crippen molar-refractivity contribution in [2.24, 2.45) is 0 Å². The zero-order chi connectivity index (χ0) is 18.4. The minimum absolute atomic E-state index is 0.0477. The lowest BCUT2D eigenvalue weighted by Crippen LogP contribution is -2.21. The summed E-state index contributed by atoms with van der Waals surface area (Å²) in [4.78, 5) is 12.2. The zero-order valence-electron chi connectivity index (χ0n) is 14.5. The Labute approximate surface area is 158 Å². The molecule has 4 heteroatoms. The lowest BCUT2D eigenvalue weighted by molar-refractivity contribution is -0.118. The molecular weight excluding hydrogens is 346 g/mol. The summed E-state index contributed by atoms with van der Waals surface area (Å²) >= 11 is 5.94. The van der Waals surface area contributed by atoms with Gasteiger partial charge in [-0.3, -0.25) is 4.79 Å². The lowest BCUT2D eigenvalue weighted by Gasteiger charge is -2.13. The van der Waals surface area contributed by atoms with Gasteiger partial charge < -0.3 is 10.1 Å². The van der Waals surface area contributed by atoms with Crippen LogP contribution in [0.15, 0.2) is 72.8 Å². The highest BCUT2D eigenvalue weighted by atomic mass is 35.5. The number of carbonyl (C=O) groups is 1. The fourth-order valence-electron chi connectivity index (χ4n) is 2.70. The van der Waals surface area contributed by atoms with Crippen LogP contribution in [0.4, 0.5) is 5.69 Å². The van der Waals surface area contributed by atoms with Crippen molar-refractivity contribution in [2.75, 3.05) is 11.9 Å². The van der Waals surface area contributed by atoms with Crippen molar-refractivity contribution in [1.82, 2.24) is 0 Å². The Hall–Kier alpha value is -2.78. The maximum absolute atomic E-state index is 12.2. The standard InChI is InChI=1S/C22H20ClNO2/c1-16-13-19(23)11-12-20(16)24-22(25)15-26-21-10-6-5-9-18(21)14-17-7-3-2-4-8-17/h2-13H,14-15H2,1H3,(H,24,25). The van der Waals surface area contributed by atoms with Crippen LogP contribution in [0.3, 0.4) is 0 Å². The summed E-state index contributed by atoms with van der Waals surface area (Å²) in [5.74, 6) is 0.518. The number of anilines is 1. The highest BCUT2D eigenvalue weighted by Gasteiger charge is 2.09. The minimum Gasteiger partial charge on any atom is -0.483 e. The molecular formula is C22H20ClNO2. The molecule has 132 valence electrons. The second-order valence-electron chi connectivity index (χ2n) is 6.07. The van der Waals surface area contributed by atoms with Crippen molar-refractivity contribution < 1.29 is 9.53 Å². The third-order valence-corrected chi connectivity index (χ3v) is 4.27. The van der Waals surface area contributed by atoms with Gasteiger partial charge in [0.05, 0.1) is 0 Å². The highest BCUT2D eigenvalue weighted by Crippen LogP contribution is 2.22. The van der Waals surface area contributed by atoms with Gasteiger partial charge >= 0.3 is 0 Å². The Kier molecular flexibility index (Phi) is 5.92. The van der Waals surface area contributed by atoms with Gasteiger partial charge in [-0.2, -0.15) is 0 Å². The number of hydrogen-bond acceptors (Lipinski definition) is 2. The van der Waals surface area contributed by atoms with Gasteiger partial charge in [0.1, 0.15) is 5.75 Å².